The molecule has 2 aliphatic rings. The van der Waals surface area contributed by atoms with Crippen LogP contribution in [0.1, 0.15) is 75.3 Å². The SMILES string of the molecule is OC1(C(c2ccccc2)(c2ccccc2)C2CCCCC2)CCCCC1. The van der Waals surface area contributed by atoms with Gasteiger partial charge in [0, 0.05) is 0 Å². The number of hydrogen-bond acceptors (Lipinski definition) is 1. The summed E-state index contributed by atoms with van der Waals surface area (Å²) >= 11 is 0. The van der Waals surface area contributed by atoms with Gasteiger partial charge in [-0.05, 0) is 42.7 Å². The molecule has 0 saturated heterocycles. The van der Waals surface area contributed by atoms with Gasteiger partial charge in [-0.1, -0.05) is 99.2 Å². The normalized spacial score (nSPS) is 21.4. The van der Waals surface area contributed by atoms with Crippen LogP contribution in [0.25, 0.3) is 0 Å². The van der Waals surface area contributed by atoms with Crippen LogP contribution >= 0.6 is 0 Å². The van der Waals surface area contributed by atoms with Crippen molar-refractivity contribution in [3.63, 3.8) is 0 Å². The molecule has 0 spiro atoms. The smallest absolute Gasteiger partial charge is 0.0787 e. The molecule has 1 nitrogen and oxygen atoms in total. The monoisotopic (exact) mass is 348 g/mol. The molecule has 0 radical (unpaired) electrons. The summed E-state index contributed by atoms with van der Waals surface area (Å²) < 4.78 is 0. The summed E-state index contributed by atoms with van der Waals surface area (Å²) in [5.74, 6) is 0.518. The third kappa shape index (κ3) is 2.91. The second-order valence-electron chi connectivity index (χ2n) is 8.47. The van der Waals surface area contributed by atoms with Crippen molar-refractivity contribution in [1.29, 1.82) is 0 Å². The Morgan fingerprint density at radius 3 is 1.62 bits per heavy atom. The lowest BCUT2D eigenvalue weighted by molar-refractivity contribution is -0.0811. The van der Waals surface area contributed by atoms with E-state index < -0.39 is 5.60 Å². The zero-order chi connectivity index (χ0) is 17.9. The first kappa shape index (κ1) is 17.8. The Kier molecular flexibility index (Phi) is 5.18. The van der Waals surface area contributed by atoms with Gasteiger partial charge in [0.15, 0.2) is 0 Å². The quantitative estimate of drug-likeness (QED) is 0.692. The largest absolute Gasteiger partial charge is 0.389 e. The molecule has 1 N–H and O–H groups in total. The van der Waals surface area contributed by atoms with E-state index in [-0.39, 0.29) is 5.41 Å². The van der Waals surface area contributed by atoms with Crippen molar-refractivity contribution in [2.45, 2.75) is 75.2 Å². The summed E-state index contributed by atoms with van der Waals surface area (Å²) in [5.41, 5.74) is 1.72. The van der Waals surface area contributed by atoms with Crippen molar-refractivity contribution in [3.05, 3.63) is 71.8 Å². The van der Waals surface area contributed by atoms with Crippen molar-refractivity contribution in [2.24, 2.45) is 5.92 Å². The molecule has 0 unspecified atom stereocenters. The van der Waals surface area contributed by atoms with Crippen LogP contribution in [-0.4, -0.2) is 10.7 Å². The molecule has 2 aromatic carbocycles. The van der Waals surface area contributed by atoms with E-state index in [9.17, 15) is 5.11 Å². The van der Waals surface area contributed by atoms with E-state index in [1.165, 1.54) is 49.7 Å². The Bertz CT molecular complexity index is 639. The zero-order valence-corrected chi connectivity index (χ0v) is 15.9. The van der Waals surface area contributed by atoms with Gasteiger partial charge in [0.1, 0.15) is 0 Å². The summed E-state index contributed by atoms with van der Waals surface area (Å²) in [6.07, 6.45) is 11.8. The molecule has 2 aromatic rings. The van der Waals surface area contributed by atoms with Gasteiger partial charge in [0.2, 0.25) is 0 Å². The molecular weight excluding hydrogens is 316 g/mol. The highest BCUT2D eigenvalue weighted by Crippen LogP contribution is 2.56. The van der Waals surface area contributed by atoms with Gasteiger partial charge in [0.25, 0.3) is 0 Å². The number of rotatable bonds is 4. The van der Waals surface area contributed by atoms with Crippen molar-refractivity contribution >= 4 is 0 Å². The highest BCUT2D eigenvalue weighted by atomic mass is 16.3. The first-order valence-electron chi connectivity index (χ1n) is 10.6. The lowest BCUT2D eigenvalue weighted by atomic mass is 9.51. The molecule has 2 fully saturated rings. The Labute approximate surface area is 158 Å². The predicted octanol–water partition coefficient (Wildman–Crippen LogP) is 6.25. The summed E-state index contributed by atoms with van der Waals surface area (Å²) in [6.45, 7) is 0. The van der Waals surface area contributed by atoms with Crippen LogP contribution in [0.4, 0.5) is 0 Å². The molecule has 2 aliphatic carbocycles. The highest BCUT2D eigenvalue weighted by Gasteiger charge is 2.56. The van der Waals surface area contributed by atoms with Crippen LogP contribution < -0.4 is 0 Å². The van der Waals surface area contributed by atoms with Crippen LogP contribution in [0.2, 0.25) is 0 Å². The van der Waals surface area contributed by atoms with Crippen molar-refractivity contribution in [1.82, 2.24) is 0 Å². The van der Waals surface area contributed by atoms with Crippen molar-refractivity contribution in [3.8, 4) is 0 Å². The number of hydrogen-bond donors (Lipinski definition) is 1. The first-order chi connectivity index (χ1) is 12.8. The summed E-state index contributed by atoms with van der Waals surface area (Å²) in [7, 11) is 0. The Hall–Kier alpha value is -1.60. The predicted molar refractivity (Wildman–Crippen MR) is 108 cm³/mol. The molecule has 1 heteroatoms. The molecule has 0 aromatic heterocycles. The topological polar surface area (TPSA) is 20.2 Å². The average Bonchev–Trinajstić information content (AvgIpc) is 2.71. The lowest BCUT2D eigenvalue weighted by Gasteiger charge is -2.55. The first-order valence-corrected chi connectivity index (χ1v) is 10.6. The van der Waals surface area contributed by atoms with Crippen molar-refractivity contribution in [2.75, 3.05) is 0 Å². The maximum atomic E-state index is 12.2. The Morgan fingerprint density at radius 1 is 0.654 bits per heavy atom. The molecule has 138 valence electrons. The fraction of sp³-hybridized carbons (Fsp3) is 0.520. The molecule has 0 amide bonds. The van der Waals surface area contributed by atoms with E-state index in [2.05, 4.69) is 60.7 Å². The minimum atomic E-state index is -0.643. The van der Waals surface area contributed by atoms with Gasteiger partial charge in [-0.2, -0.15) is 0 Å². The van der Waals surface area contributed by atoms with Gasteiger partial charge in [-0.25, -0.2) is 0 Å². The van der Waals surface area contributed by atoms with E-state index in [1.54, 1.807) is 0 Å². The lowest BCUT2D eigenvalue weighted by Crippen LogP contribution is -2.58. The molecular formula is C25H32O. The second-order valence-corrected chi connectivity index (χ2v) is 8.47. The molecule has 0 aliphatic heterocycles. The third-order valence-electron chi connectivity index (χ3n) is 7.09. The van der Waals surface area contributed by atoms with E-state index in [0.29, 0.717) is 5.92 Å². The summed E-state index contributed by atoms with van der Waals surface area (Å²) in [4.78, 5) is 0. The summed E-state index contributed by atoms with van der Waals surface area (Å²) in [5, 5.41) is 12.2. The van der Waals surface area contributed by atoms with Crippen LogP contribution in [0.15, 0.2) is 60.7 Å². The van der Waals surface area contributed by atoms with Crippen LogP contribution in [0.5, 0.6) is 0 Å². The minimum Gasteiger partial charge on any atom is -0.389 e. The molecule has 2 saturated carbocycles. The average molecular weight is 349 g/mol. The molecule has 0 heterocycles. The highest BCUT2D eigenvalue weighted by molar-refractivity contribution is 5.45. The van der Waals surface area contributed by atoms with Crippen LogP contribution in [0, 0.1) is 5.92 Å². The number of aliphatic hydroxyl groups is 1. The Balaban J connectivity index is 1.96. The second kappa shape index (κ2) is 7.56. The molecule has 0 atom stereocenters. The fourth-order valence-corrected chi connectivity index (χ4v) is 6.02. The van der Waals surface area contributed by atoms with Crippen molar-refractivity contribution < 1.29 is 5.11 Å². The van der Waals surface area contributed by atoms with E-state index in [4.69, 9.17) is 0 Å². The maximum absolute atomic E-state index is 12.2. The standard InChI is InChI=1S/C25H32O/c26-24(19-11-4-12-20-24)25(21-13-5-1-6-14-21,22-15-7-2-8-16-22)23-17-9-3-10-18-23/h1-2,5-8,13-16,23,26H,3-4,9-12,17-20H2. The zero-order valence-electron chi connectivity index (χ0n) is 15.9. The maximum Gasteiger partial charge on any atom is 0.0787 e. The molecule has 0 bridgehead atoms. The van der Waals surface area contributed by atoms with Gasteiger partial charge in [0.05, 0.1) is 11.0 Å². The summed E-state index contributed by atoms with van der Waals surface area (Å²) in [6, 6.07) is 21.9. The minimum absolute atomic E-state index is 0.281. The van der Waals surface area contributed by atoms with Gasteiger partial charge in [-0.15, -0.1) is 0 Å². The van der Waals surface area contributed by atoms with Gasteiger partial charge < -0.3 is 5.11 Å². The van der Waals surface area contributed by atoms with Crippen LogP contribution in [-0.2, 0) is 5.41 Å². The fourth-order valence-electron chi connectivity index (χ4n) is 6.02. The van der Waals surface area contributed by atoms with Crippen LogP contribution in [0.3, 0.4) is 0 Å². The van der Waals surface area contributed by atoms with Gasteiger partial charge >= 0.3 is 0 Å². The van der Waals surface area contributed by atoms with E-state index >= 15 is 0 Å². The van der Waals surface area contributed by atoms with E-state index in [0.717, 1.165) is 25.7 Å². The molecule has 4 rings (SSSR count). The number of benzene rings is 2. The van der Waals surface area contributed by atoms with E-state index in [1.807, 2.05) is 0 Å². The molecule has 26 heavy (non-hydrogen) atoms. The van der Waals surface area contributed by atoms with Gasteiger partial charge in [-0.3, -0.25) is 0 Å². The Morgan fingerprint density at radius 2 is 1.12 bits per heavy atom. The third-order valence-corrected chi connectivity index (χ3v) is 7.09.